The number of non-ortho nitro benzene ring substituents is 1. The third-order valence-corrected chi connectivity index (χ3v) is 6.43. The highest BCUT2D eigenvalue weighted by Crippen LogP contribution is 2.29. The molecule has 0 unspecified atom stereocenters. The maximum Gasteiger partial charge on any atom is 0.270 e. The lowest BCUT2D eigenvalue weighted by Crippen LogP contribution is -2.31. The number of benzene rings is 2. The summed E-state index contributed by atoms with van der Waals surface area (Å²) in [5, 5.41) is 11.0. The number of hydrogen-bond acceptors (Lipinski definition) is 5. The molecule has 0 heterocycles. The van der Waals surface area contributed by atoms with Crippen LogP contribution in [0.2, 0.25) is 0 Å². The molecule has 0 saturated heterocycles. The van der Waals surface area contributed by atoms with E-state index in [9.17, 15) is 18.5 Å². The van der Waals surface area contributed by atoms with Crippen LogP contribution in [0.3, 0.4) is 0 Å². The summed E-state index contributed by atoms with van der Waals surface area (Å²) in [6.07, 6.45) is 6.08. The molecule has 0 aromatic heterocycles. The van der Waals surface area contributed by atoms with Gasteiger partial charge in [0.25, 0.3) is 15.7 Å². The minimum absolute atomic E-state index is 0.0356. The van der Waals surface area contributed by atoms with E-state index in [1.807, 2.05) is 0 Å². The molecule has 1 aliphatic carbocycles. The van der Waals surface area contributed by atoms with Crippen molar-refractivity contribution in [2.45, 2.75) is 36.7 Å². The first-order chi connectivity index (χ1) is 13.4. The van der Waals surface area contributed by atoms with Gasteiger partial charge in [0.15, 0.2) is 0 Å². The lowest BCUT2D eigenvalue weighted by Gasteiger charge is -2.23. The van der Waals surface area contributed by atoms with Crippen molar-refractivity contribution in [3.8, 4) is 5.75 Å². The fraction of sp³-hybridized carbons (Fsp3) is 0.300. The number of anilines is 1. The number of nitrogens with zero attached hydrogens (tertiary/aromatic N) is 2. The highest BCUT2D eigenvalue weighted by Gasteiger charge is 2.26. The molecule has 0 N–H and O–H groups in total. The predicted octanol–water partition coefficient (Wildman–Crippen LogP) is 4.30. The van der Waals surface area contributed by atoms with Gasteiger partial charge in [0, 0.05) is 12.1 Å². The van der Waals surface area contributed by atoms with Crippen molar-refractivity contribution >= 4 is 21.4 Å². The van der Waals surface area contributed by atoms with Gasteiger partial charge >= 0.3 is 0 Å². The van der Waals surface area contributed by atoms with Crippen LogP contribution in [0.5, 0.6) is 5.75 Å². The molecule has 7 nitrogen and oxygen atoms in total. The number of hydrogen-bond donors (Lipinski definition) is 0. The first-order valence-corrected chi connectivity index (χ1v) is 10.5. The molecule has 0 bridgehead atoms. The normalized spacial score (nSPS) is 14.6. The monoisotopic (exact) mass is 402 g/mol. The van der Waals surface area contributed by atoms with Crippen LogP contribution in [0.4, 0.5) is 11.4 Å². The van der Waals surface area contributed by atoms with Gasteiger partial charge in [-0.3, -0.25) is 14.4 Å². The van der Waals surface area contributed by atoms with Gasteiger partial charge < -0.3 is 4.74 Å². The summed E-state index contributed by atoms with van der Waals surface area (Å²) in [6.45, 7) is 3.66. The molecular formula is C20H22N2O5S. The van der Waals surface area contributed by atoms with Crippen molar-refractivity contribution in [2.24, 2.45) is 0 Å². The Morgan fingerprint density at radius 2 is 1.86 bits per heavy atom. The van der Waals surface area contributed by atoms with Crippen LogP contribution in [-0.4, -0.2) is 26.0 Å². The zero-order valence-electron chi connectivity index (χ0n) is 15.4. The standard InChI is InChI=1S/C20H22N2O5S/c1-2-14-21(28(25,26)20-9-5-6-17(15-20)22(23)24)16-10-12-19(13-11-16)27-18-7-3-4-8-18/h2,5-6,9-13,15,18H,1,3-4,7-8,14H2. The van der Waals surface area contributed by atoms with Crippen LogP contribution < -0.4 is 9.04 Å². The summed E-state index contributed by atoms with van der Waals surface area (Å²) in [5.74, 6) is 0.696. The highest BCUT2D eigenvalue weighted by atomic mass is 32.2. The smallest absolute Gasteiger partial charge is 0.270 e. The Balaban J connectivity index is 1.88. The molecule has 1 aliphatic rings. The average molecular weight is 402 g/mol. The molecule has 0 aliphatic heterocycles. The van der Waals surface area contributed by atoms with Crippen molar-refractivity contribution in [1.29, 1.82) is 0 Å². The first kappa shape index (κ1) is 19.9. The SMILES string of the molecule is C=CCN(c1ccc(OC2CCCC2)cc1)S(=O)(=O)c1cccc([N+](=O)[O-])c1. The van der Waals surface area contributed by atoms with Crippen LogP contribution in [0, 0.1) is 10.1 Å². The van der Waals surface area contributed by atoms with E-state index in [-0.39, 0.29) is 23.2 Å². The molecule has 0 atom stereocenters. The topological polar surface area (TPSA) is 89.8 Å². The number of nitro groups is 1. The third kappa shape index (κ3) is 4.33. The van der Waals surface area contributed by atoms with E-state index < -0.39 is 14.9 Å². The van der Waals surface area contributed by atoms with Crippen molar-refractivity contribution in [3.63, 3.8) is 0 Å². The van der Waals surface area contributed by atoms with Crippen LogP contribution in [0.25, 0.3) is 0 Å². The molecule has 0 amide bonds. The molecule has 1 fully saturated rings. The average Bonchev–Trinajstić information content (AvgIpc) is 3.20. The van der Waals surface area contributed by atoms with Gasteiger partial charge in [-0.15, -0.1) is 6.58 Å². The Morgan fingerprint density at radius 1 is 1.18 bits per heavy atom. The summed E-state index contributed by atoms with van der Waals surface area (Å²) < 4.78 is 33.3. The fourth-order valence-electron chi connectivity index (χ4n) is 3.23. The Hall–Kier alpha value is -2.87. The van der Waals surface area contributed by atoms with E-state index >= 15 is 0 Å². The minimum atomic E-state index is -3.99. The van der Waals surface area contributed by atoms with Gasteiger partial charge in [0.2, 0.25) is 0 Å². The van der Waals surface area contributed by atoms with E-state index in [2.05, 4.69) is 6.58 Å². The summed E-state index contributed by atoms with van der Waals surface area (Å²) in [5.41, 5.74) is 0.158. The van der Waals surface area contributed by atoms with Gasteiger partial charge in [0.05, 0.1) is 28.2 Å². The Morgan fingerprint density at radius 3 is 2.46 bits per heavy atom. The summed E-state index contributed by atoms with van der Waals surface area (Å²) >= 11 is 0. The van der Waals surface area contributed by atoms with Crippen LogP contribution in [0.1, 0.15) is 25.7 Å². The predicted molar refractivity (Wildman–Crippen MR) is 107 cm³/mol. The summed E-state index contributed by atoms with van der Waals surface area (Å²) in [7, 11) is -3.99. The number of nitro benzene ring substituents is 1. The van der Waals surface area contributed by atoms with Gasteiger partial charge in [-0.2, -0.15) is 0 Å². The van der Waals surface area contributed by atoms with Gasteiger partial charge in [0.1, 0.15) is 5.75 Å². The van der Waals surface area contributed by atoms with Crippen molar-refractivity contribution in [3.05, 3.63) is 71.3 Å². The Kier molecular flexibility index (Phi) is 5.99. The second-order valence-corrected chi connectivity index (χ2v) is 8.46. The largest absolute Gasteiger partial charge is 0.490 e. The summed E-state index contributed by atoms with van der Waals surface area (Å²) in [6, 6.07) is 11.8. The number of sulfonamides is 1. The Labute approximate surface area is 164 Å². The molecule has 8 heteroatoms. The summed E-state index contributed by atoms with van der Waals surface area (Å²) in [4.78, 5) is 10.2. The maximum absolute atomic E-state index is 13.1. The second kappa shape index (κ2) is 8.43. The van der Waals surface area contributed by atoms with Gasteiger partial charge in [-0.05, 0) is 56.0 Å². The third-order valence-electron chi connectivity index (χ3n) is 4.64. The van der Waals surface area contributed by atoms with Crippen molar-refractivity contribution in [2.75, 3.05) is 10.8 Å². The molecule has 2 aromatic carbocycles. The van der Waals surface area contributed by atoms with Crippen molar-refractivity contribution in [1.82, 2.24) is 0 Å². The van der Waals surface area contributed by atoms with Crippen LogP contribution in [0.15, 0.2) is 66.1 Å². The van der Waals surface area contributed by atoms with Crippen LogP contribution in [-0.2, 0) is 10.0 Å². The Bertz CT molecular complexity index is 951. The van der Waals surface area contributed by atoms with E-state index in [0.29, 0.717) is 11.4 Å². The van der Waals surface area contributed by atoms with E-state index in [0.717, 1.165) is 31.7 Å². The van der Waals surface area contributed by atoms with Gasteiger partial charge in [-0.1, -0.05) is 12.1 Å². The molecular weight excluding hydrogens is 380 g/mol. The lowest BCUT2D eigenvalue weighted by atomic mass is 10.2. The molecule has 3 rings (SSSR count). The molecule has 28 heavy (non-hydrogen) atoms. The minimum Gasteiger partial charge on any atom is -0.490 e. The first-order valence-electron chi connectivity index (χ1n) is 9.06. The van der Waals surface area contributed by atoms with Crippen LogP contribution >= 0.6 is 0 Å². The van der Waals surface area contributed by atoms with Gasteiger partial charge in [-0.25, -0.2) is 8.42 Å². The fourth-order valence-corrected chi connectivity index (χ4v) is 4.71. The lowest BCUT2D eigenvalue weighted by molar-refractivity contribution is -0.385. The number of ether oxygens (including phenoxy) is 1. The quantitative estimate of drug-likeness (QED) is 0.373. The van der Waals surface area contributed by atoms with E-state index in [1.54, 1.807) is 24.3 Å². The van der Waals surface area contributed by atoms with Crippen molar-refractivity contribution < 1.29 is 18.1 Å². The maximum atomic E-state index is 13.1. The molecule has 1 saturated carbocycles. The number of rotatable bonds is 8. The zero-order chi connectivity index (χ0) is 20.1. The van der Waals surface area contributed by atoms with E-state index in [1.165, 1.54) is 28.6 Å². The molecule has 0 spiro atoms. The molecule has 2 aromatic rings. The van der Waals surface area contributed by atoms with E-state index in [4.69, 9.17) is 4.74 Å². The zero-order valence-corrected chi connectivity index (χ0v) is 16.2. The molecule has 0 radical (unpaired) electrons. The highest BCUT2D eigenvalue weighted by molar-refractivity contribution is 7.92. The molecule has 148 valence electrons. The second-order valence-electron chi connectivity index (χ2n) is 6.60.